The number of nitrogens with zero attached hydrogens (tertiary/aromatic N) is 2. The van der Waals surface area contributed by atoms with Crippen molar-refractivity contribution in [1.29, 1.82) is 0 Å². The van der Waals surface area contributed by atoms with Crippen molar-refractivity contribution in [1.82, 2.24) is 20.4 Å². The molecule has 1 aromatic rings. The second-order valence-corrected chi connectivity index (χ2v) is 7.32. The smallest absolute Gasteiger partial charge is 0.407 e. The number of ether oxygens (including phenoxy) is 1. The Morgan fingerprint density at radius 3 is 2.61 bits per heavy atom. The van der Waals surface area contributed by atoms with Crippen LogP contribution in [0, 0.1) is 0 Å². The minimum absolute atomic E-state index is 0.112. The van der Waals surface area contributed by atoms with E-state index in [1.54, 1.807) is 6.20 Å². The van der Waals surface area contributed by atoms with Gasteiger partial charge < -0.3 is 15.4 Å². The molecule has 1 heterocycles. The van der Waals surface area contributed by atoms with Gasteiger partial charge in [0.2, 0.25) is 0 Å². The van der Waals surface area contributed by atoms with Crippen LogP contribution in [0.2, 0.25) is 0 Å². The Morgan fingerprint density at radius 2 is 2.00 bits per heavy atom. The maximum absolute atomic E-state index is 12.1. The largest absolute Gasteiger partial charge is 0.444 e. The molecular weight excluding hydrogens is 292 g/mol. The highest BCUT2D eigenvalue weighted by molar-refractivity contribution is 5.68. The minimum Gasteiger partial charge on any atom is -0.444 e. The molecule has 0 aromatic carbocycles. The van der Waals surface area contributed by atoms with Gasteiger partial charge >= 0.3 is 6.09 Å². The Morgan fingerprint density at radius 1 is 1.30 bits per heavy atom. The number of rotatable bonds is 4. The topological polar surface area (TPSA) is 68.2 Å². The third-order valence-electron chi connectivity index (χ3n) is 4.19. The second-order valence-electron chi connectivity index (χ2n) is 7.32. The van der Waals surface area contributed by atoms with Gasteiger partial charge in [0.1, 0.15) is 5.60 Å². The van der Waals surface area contributed by atoms with Gasteiger partial charge in [-0.05, 0) is 39.7 Å². The van der Waals surface area contributed by atoms with Crippen molar-refractivity contribution < 1.29 is 9.53 Å². The van der Waals surface area contributed by atoms with E-state index in [9.17, 15) is 4.79 Å². The average molecular weight is 322 g/mol. The van der Waals surface area contributed by atoms with Gasteiger partial charge in [0.15, 0.2) is 0 Å². The lowest BCUT2D eigenvalue weighted by atomic mass is 10.0. The zero-order valence-corrected chi connectivity index (χ0v) is 14.8. The van der Waals surface area contributed by atoms with Gasteiger partial charge in [0, 0.05) is 31.9 Å². The molecule has 23 heavy (non-hydrogen) atoms. The predicted molar refractivity (Wildman–Crippen MR) is 90.1 cm³/mol. The summed E-state index contributed by atoms with van der Waals surface area (Å²) in [4.78, 5) is 12.1. The van der Waals surface area contributed by atoms with Gasteiger partial charge in [0.25, 0.3) is 0 Å². The number of alkyl carbamates (subject to hydrolysis) is 1. The van der Waals surface area contributed by atoms with Gasteiger partial charge in [-0.15, -0.1) is 0 Å². The van der Waals surface area contributed by atoms with Crippen LogP contribution in [0.15, 0.2) is 12.3 Å². The summed E-state index contributed by atoms with van der Waals surface area (Å²) in [6.07, 6.45) is 7.09. The SMILES string of the molecule is Cn1nccc1CN[C@@H]1CCCCC[C@H]1NC(=O)OC(C)(C)C. The maximum Gasteiger partial charge on any atom is 0.407 e. The third kappa shape index (κ3) is 5.86. The van der Waals surface area contributed by atoms with Crippen molar-refractivity contribution in [3.63, 3.8) is 0 Å². The van der Waals surface area contributed by atoms with Crippen molar-refractivity contribution >= 4 is 6.09 Å². The summed E-state index contributed by atoms with van der Waals surface area (Å²) in [5.41, 5.74) is 0.678. The number of aryl methyl sites for hydroxylation is 1. The van der Waals surface area contributed by atoms with Crippen LogP contribution in [0.1, 0.15) is 58.6 Å². The molecule has 1 amide bonds. The molecule has 1 fully saturated rings. The number of aromatic nitrogens is 2. The first-order chi connectivity index (χ1) is 10.8. The van der Waals surface area contributed by atoms with Crippen molar-refractivity contribution in [3.8, 4) is 0 Å². The van der Waals surface area contributed by atoms with E-state index in [1.165, 1.54) is 12.8 Å². The summed E-state index contributed by atoms with van der Waals surface area (Å²) in [6.45, 7) is 6.42. The molecule has 0 bridgehead atoms. The number of hydrogen-bond donors (Lipinski definition) is 2. The van der Waals surface area contributed by atoms with Crippen LogP contribution in [0.5, 0.6) is 0 Å². The summed E-state index contributed by atoms with van der Waals surface area (Å²) < 4.78 is 7.28. The van der Waals surface area contributed by atoms with Gasteiger partial charge in [0.05, 0.1) is 5.69 Å². The Balaban J connectivity index is 1.93. The molecule has 130 valence electrons. The van der Waals surface area contributed by atoms with Crippen LogP contribution < -0.4 is 10.6 Å². The minimum atomic E-state index is -0.466. The third-order valence-corrected chi connectivity index (χ3v) is 4.19. The quantitative estimate of drug-likeness (QED) is 0.836. The van der Waals surface area contributed by atoms with E-state index in [0.29, 0.717) is 0 Å². The molecule has 6 heteroatoms. The highest BCUT2D eigenvalue weighted by Gasteiger charge is 2.27. The van der Waals surface area contributed by atoms with E-state index in [4.69, 9.17) is 4.74 Å². The number of hydrogen-bond acceptors (Lipinski definition) is 4. The van der Waals surface area contributed by atoms with Gasteiger partial charge in [-0.1, -0.05) is 19.3 Å². The highest BCUT2D eigenvalue weighted by Crippen LogP contribution is 2.19. The Labute approximate surface area is 139 Å². The standard InChI is InChI=1S/C17H30N4O2/c1-17(2,3)23-16(22)20-15-9-7-5-6-8-14(15)18-12-13-10-11-19-21(13)4/h10-11,14-15,18H,5-9,12H2,1-4H3,(H,20,22)/t14-,15-/m1/s1. The fourth-order valence-electron chi connectivity index (χ4n) is 2.99. The summed E-state index contributed by atoms with van der Waals surface area (Å²) in [7, 11) is 1.94. The Kier molecular flexibility index (Phi) is 6.04. The lowest BCUT2D eigenvalue weighted by Crippen LogP contribution is -2.50. The molecule has 2 N–H and O–H groups in total. The fraction of sp³-hybridized carbons (Fsp3) is 0.765. The van der Waals surface area contributed by atoms with Crippen LogP contribution in [-0.4, -0.2) is 33.6 Å². The van der Waals surface area contributed by atoms with E-state index in [0.717, 1.165) is 31.5 Å². The van der Waals surface area contributed by atoms with E-state index < -0.39 is 5.60 Å². The van der Waals surface area contributed by atoms with Crippen molar-refractivity contribution in [2.45, 2.75) is 77.1 Å². The predicted octanol–water partition coefficient (Wildman–Crippen LogP) is 2.74. The molecule has 2 atom stereocenters. The molecule has 0 aliphatic heterocycles. The molecule has 0 saturated heterocycles. The fourth-order valence-corrected chi connectivity index (χ4v) is 2.99. The van der Waals surface area contributed by atoms with E-state index in [1.807, 2.05) is 38.6 Å². The molecule has 0 unspecified atom stereocenters. The van der Waals surface area contributed by atoms with Gasteiger partial charge in [-0.2, -0.15) is 5.10 Å². The number of carbonyl (C=O) groups is 1. The lowest BCUT2D eigenvalue weighted by molar-refractivity contribution is 0.0489. The summed E-state index contributed by atoms with van der Waals surface area (Å²) in [5.74, 6) is 0. The summed E-state index contributed by atoms with van der Waals surface area (Å²) in [5, 5.41) is 10.8. The van der Waals surface area contributed by atoms with E-state index in [-0.39, 0.29) is 18.2 Å². The normalized spacial score (nSPS) is 22.4. The number of carbonyl (C=O) groups excluding carboxylic acids is 1. The van der Waals surface area contributed by atoms with Gasteiger partial charge in [-0.25, -0.2) is 4.79 Å². The van der Waals surface area contributed by atoms with Crippen LogP contribution in [0.25, 0.3) is 0 Å². The molecule has 6 nitrogen and oxygen atoms in total. The van der Waals surface area contributed by atoms with Crippen molar-refractivity contribution in [2.24, 2.45) is 7.05 Å². The molecule has 1 aromatic heterocycles. The molecule has 0 spiro atoms. The molecular formula is C17H30N4O2. The Hall–Kier alpha value is -1.56. The first-order valence-electron chi connectivity index (χ1n) is 8.55. The molecule has 1 aliphatic carbocycles. The number of nitrogens with one attached hydrogen (secondary N) is 2. The van der Waals surface area contributed by atoms with Crippen LogP contribution in [-0.2, 0) is 18.3 Å². The lowest BCUT2D eigenvalue weighted by Gasteiger charge is -2.29. The second kappa shape index (κ2) is 7.81. The van der Waals surface area contributed by atoms with Crippen LogP contribution in [0.3, 0.4) is 0 Å². The maximum atomic E-state index is 12.1. The zero-order valence-electron chi connectivity index (χ0n) is 14.8. The van der Waals surface area contributed by atoms with Crippen LogP contribution in [0.4, 0.5) is 4.79 Å². The Bertz CT molecular complexity index is 507. The van der Waals surface area contributed by atoms with Crippen LogP contribution >= 0.6 is 0 Å². The molecule has 2 rings (SSSR count). The first kappa shape index (κ1) is 17.8. The molecule has 1 aliphatic rings. The molecule has 1 saturated carbocycles. The summed E-state index contributed by atoms with van der Waals surface area (Å²) >= 11 is 0. The van der Waals surface area contributed by atoms with E-state index >= 15 is 0 Å². The van der Waals surface area contributed by atoms with E-state index in [2.05, 4.69) is 15.7 Å². The van der Waals surface area contributed by atoms with Crippen molar-refractivity contribution in [2.75, 3.05) is 0 Å². The summed E-state index contributed by atoms with van der Waals surface area (Å²) in [6, 6.07) is 2.39. The van der Waals surface area contributed by atoms with Crippen molar-refractivity contribution in [3.05, 3.63) is 18.0 Å². The van der Waals surface area contributed by atoms with Gasteiger partial charge in [-0.3, -0.25) is 4.68 Å². The first-order valence-corrected chi connectivity index (χ1v) is 8.55. The average Bonchev–Trinajstić information content (AvgIpc) is 2.71. The monoisotopic (exact) mass is 322 g/mol. The molecule has 0 radical (unpaired) electrons. The number of amides is 1. The zero-order chi connectivity index (χ0) is 16.9. The highest BCUT2D eigenvalue weighted by atomic mass is 16.6.